The van der Waals surface area contributed by atoms with E-state index in [2.05, 4.69) is 10.3 Å². The Bertz CT molecular complexity index is 456. The van der Waals surface area contributed by atoms with Gasteiger partial charge in [0.25, 0.3) is 0 Å². The van der Waals surface area contributed by atoms with Gasteiger partial charge in [-0.15, -0.1) is 24.0 Å². The van der Waals surface area contributed by atoms with Crippen molar-refractivity contribution in [1.82, 2.24) is 5.32 Å². The molecule has 20 heavy (non-hydrogen) atoms. The topological polar surface area (TPSA) is 50.4 Å². The van der Waals surface area contributed by atoms with Gasteiger partial charge in [-0.2, -0.15) is 0 Å². The summed E-state index contributed by atoms with van der Waals surface area (Å²) in [6, 6.07) is 5.56. The first-order valence-electron chi connectivity index (χ1n) is 6.30. The van der Waals surface area contributed by atoms with Crippen LogP contribution >= 0.6 is 47.2 Å². The van der Waals surface area contributed by atoms with Crippen LogP contribution in [0.25, 0.3) is 0 Å². The Balaban J connectivity index is 0.00000361. The van der Waals surface area contributed by atoms with Crippen molar-refractivity contribution < 1.29 is 0 Å². The van der Waals surface area contributed by atoms with Crippen molar-refractivity contribution in [3.63, 3.8) is 0 Å². The number of rotatable bonds is 4. The molecule has 0 spiro atoms. The van der Waals surface area contributed by atoms with E-state index in [-0.39, 0.29) is 29.5 Å². The third kappa shape index (κ3) is 8.17. The molecular weight excluding hydrogens is 408 g/mol. The van der Waals surface area contributed by atoms with Crippen LogP contribution in [-0.4, -0.2) is 18.0 Å². The third-order valence-electron chi connectivity index (χ3n) is 2.40. The molecule has 0 heterocycles. The Morgan fingerprint density at radius 2 is 1.95 bits per heavy atom. The Morgan fingerprint density at radius 1 is 1.30 bits per heavy atom. The van der Waals surface area contributed by atoms with Gasteiger partial charge >= 0.3 is 0 Å². The van der Waals surface area contributed by atoms with Gasteiger partial charge in [-0.25, -0.2) is 0 Å². The lowest BCUT2D eigenvalue weighted by Gasteiger charge is -2.20. The SMILES string of the molecule is CC(C)(C)NC(N)=NCCCc1ccc(Cl)cc1Cl.I. The number of hydrogen-bond donors (Lipinski definition) is 2. The maximum absolute atomic E-state index is 6.10. The largest absolute Gasteiger partial charge is 0.370 e. The summed E-state index contributed by atoms with van der Waals surface area (Å²) in [5.74, 6) is 0.481. The van der Waals surface area contributed by atoms with Gasteiger partial charge in [0, 0.05) is 22.1 Å². The first-order valence-corrected chi connectivity index (χ1v) is 7.05. The molecule has 3 nitrogen and oxygen atoms in total. The van der Waals surface area contributed by atoms with Crippen LogP contribution in [0.3, 0.4) is 0 Å². The molecule has 1 aromatic carbocycles. The number of halogens is 3. The fraction of sp³-hybridized carbons (Fsp3) is 0.500. The molecule has 0 atom stereocenters. The third-order valence-corrected chi connectivity index (χ3v) is 2.99. The highest BCUT2D eigenvalue weighted by atomic mass is 127. The maximum Gasteiger partial charge on any atom is 0.188 e. The molecule has 0 radical (unpaired) electrons. The van der Waals surface area contributed by atoms with E-state index in [1.807, 2.05) is 32.9 Å². The van der Waals surface area contributed by atoms with E-state index in [1.54, 1.807) is 6.07 Å². The number of aryl methyl sites for hydroxylation is 1. The second-order valence-electron chi connectivity index (χ2n) is 5.48. The van der Waals surface area contributed by atoms with Crippen molar-refractivity contribution >= 4 is 53.1 Å². The zero-order chi connectivity index (χ0) is 14.5. The quantitative estimate of drug-likeness (QED) is 0.325. The molecule has 0 amide bonds. The van der Waals surface area contributed by atoms with Crippen molar-refractivity contribution in [2.75, 3.05) is 6.54 Å². The summed E-state index contributed by atoms with van der Waals surface area (Å²) in [6.07, 6.45) is 1.76. The summed E-state index contributed by atoms with van der Waals surface area (Å²) in [5, 5.41) is 4.48. The molecule has 0 aromatic heterocycles. The number of nitrogens with zero attached hydrogens (tertiary/aromatic N) is 1. The molecule has 0 aliphatic rings. The molecule has 0 saturated carbocycles. The van der Waals surface area contributed by atoms with E-state index in [1.165, 1.54) is 0 Å². The molecule has 3 N–H and O–H groups in total. The lowest BCUT2D eigenvalue weighted by molar-refractivity contribution is 0.508. The average Bonchev–Trinajstić information content (AvgIpc) is 2.24. The van der Waals surface area contributed by atoms with Crippen LogP contribution in [0.1, 0.15) is 32.8 Å². The fourth-order valence-corrected chi connectivity index (χ4v) is 2.12. The number of hydrogen-bond acceptors (Lipinski definition) is 1. The van der Waals surface area contributed by atoms with Gasteiger partial charge in [-0.3, -0.25) is 4.99 Å². The highest BCUT2D eigenvalue weighted by Crippen LogP contribution is 2.21. The second kappa shape index (κ2) is 8.95. The molecule has 0 unspecified atom stereocenters. The summed E-state index contributed by atoms with van der Waals surface area (Å²) in [4.78, 5) is 4.29. The molecule has 6 heteroatoms. The van der Waals surface area contributed by atoms with Crippen LogP contribution in [0.4, 0.5) is 0 Å². The van der Waals surface area contributed by atoms with Gasteiger partial charge in [-0.05, 0) is 51.3 Å². The first-order chi connectivity index (χ1) is 8.78. The lowest BCUT2D eigenvalue weighted by atomic mass is 10.1. The number of nitrogens with two attached hydrogens (primary N) is 1. The van der Waals surface area contributed by atoms with Crippen LogP contribution in [0.5, 0.6) is 0 Å². The molecule has 114 valence electrons. The van der Waals surface area contributed by atoms with Crippen molar-refractivity contribution in [2.45, 2.75) is 39.2 Å². The Labute approximate surface area is 148 Å². The van der Waals surface area contributed by atoms with E-state index in [4.69, 9.17) is 28.9 Å². The molecule has 0 aliphatic carbocycles. The predicted molar refractivity (Wildman–Crippen MR) is 99.6 cm³/mol. The minimum atomic E-state index is -0.0624. The van der Waals surface area contributed by atoms with Crippen molar-refractivity contribution in [3.05, 3.63) is 33.8 Å². The van der Waals surface area contributed by atoms with Crippen LogP contribution in [0.2, 0.25) is 10.0 Å². The van der Waals surface area contributed by atoms with E-state index in [0.29, 0.717) is 22.5 Å². The summed E-state index contributed by atoms with van der Waals surface area (Å²) in [7, 11) is 0. The molecule has 0 fully saturated rings. The van der Waals surface area contributed by atoms with E-state index >= 15 is 0 Å². The average molecular weight is 430 g/mol. The monoisotopic (exact) mass is 429 g/mol. The summed E-state index contributed by atoms with van der Waals surface area (Å²) < 4.78 is 0. The smallest absolute Gasteiger partial charge is 0.188 e. The van der Waals surface area contributed by atoms with E-state index in [0.717, 1.165) is 18.4 Å². The Hall–Kier alpha value is -0.200. The minimum absolute atomic E-state index is 0. The number of guanidine groups is 1. The highest BCUT2D eigenvalue weighted by Gasteiger charge is 2.09. The standard InChI is InChI=1S/C14H21Cl2N3.HI/c1-14(2,3)19-13(17)18-8-4-5-10-6-7-11(15)9-12(10)16;/h6-7,9H,4-5,8H2,1-3H3,(H3,17,18,19);1H. The van der Waals surface area contributed by atoms with E-state index < -0.39 is 0 Å². The summed E-state index contributed by atoms with van der Waals surface area (Å²) >= 11 is 12.0. The van der Waals surface area contributed by atoms with Crippen LogP contribution in [0, 0.1) is 0 Å². The van der Waals surface area contributed by atoms with Crippen molar-refractivity contribution in [2.24, 2.45) is 10.7 Å². The minimum Gasteiger partial charge on any atom is -0.370 e. The van der Waals surface area contributed by atoms with Crippen LogP contribution < -0.4 is 11.1 Å². The molecule has 1 aromatic rings. The van der Waals surface area contributed by atoms with Gasteiger partial charge in [0.2, 0.25) is 0 Å². The molecule has 1 rings (SSSR count). The maximum atomic E-state index is 6.10. The summed E-state index contributed by atoms with van der Waals surface area (Å²) in [6.45, 7) is 6.81. The lowest BCUT2D eigenvalue weighted by Crippen LogP contribution is -2.45. The van der Waals surface area contributed by atoms with Crippen molar-refractivity contribution in [1.29, 1.82) is 0 Å². The second-order valence-corrected chi connectivity index (χ2v) is 6.32. The molecular formula is C14H22Cl2IN3. The van der Waals surface area contributed by atoms with Crippen molar-refractivity contribution in [3.8, 4) is 0 Å². The predicted octanol–water partition coefficient (Wildman–Crippen LogP) is 4.25. The number of aliphatic imine (C=N–C) groups is 1. The molecule has 0 bridgehead atoms. The summed E-state index contributed by atoms with van der Waals surface area (Å²) in [5.41, 5.74) is 6.81. The zero-order valence-corrected chi connectivity index (χ0v) is 15.9. The number of benzene rings is 1. The normalized spacial score (nSPS) is 11.9. The highest BCUT2D eigenvalue weighted by molar-refractivity contribution is 14.0. The number of nitrogens with one attached hydrogen (secondary N) is 1. The van der Waals surface area contributed by atoms with Gasteiger partial charge in [0.1, 0.15) is 0 Å². The Kier molecular flexibility index (Phi) is 8.86. The van der Waals surface area contributed by atoms with Gasteiger partial charge in [0.05, 0.1) is 0 Å². The fourth-order valence-electron chi connectivity index (χ4n) is 1.62. The molecule has 0 saturated heterocycles. The van der Waals surface area contributed by atoms with Gasteiger partial charge in [-0.1, -0.05) is 29.3 Å². The van der Waals surface area contributed by atoms with Crippen LogP contribution in [0.15, 0.2) is 23.2 Å². The van der Waals surface area contributed by atoms with E-state index in [9.17, 15) is 0 Å². The molecule has 0 aliphatic heterocycles. The zero-order valence-electron chi connectivity index (χ0n) is 12.0. The van der Waals surface area contributed by atoms with Crippen LogP contribution in [-0.2, 0) is 6.42 Å². The van der Waals surface area contributed by atoms with Gasteiger partial charge in [0.15, 0.2) is 5.96 Å². The van der Waals surface area contributed by atoms with Gasteiger partial charge < -0.3 is 11.1 Å². The Morgan fingerprint density at radius 3 is 2.50 bits per heavy atom. The first kappa shape index (κ1) is 19.8.